The summed E-state index contributed by atoms with van der Waals surface area (Å²) in [4.78, 5) is 20.0. The Morgan fingerprint density at radius 2 is 1.96 bits per heavy atom. The highest BCUT2D eigenvalue weighted by atomic mass is 32.2. The molecule has 3 heterocycles. The third-order valence-corrected chi connectivity index (χ3v) is 6.29. The highest BCUT2D eigenvalue weighted by Gasteiger charge is 2.29. The predicted molar refractivity (Wildman–Crippen MR) is 99.7 cm³/mol. The Labute approximate surface area is 156 Å². The zero-order valence-corrected chi connectivity index (χ0v) is 16.9. The molecule has 1 aliphatic rings. The van der Waals surface area contributed by atoms with Crippen molar-refractivity contribution in [3.8, 4) is 10.8 Å². The van der Waals surface area contributed by atoms with Crippen LogP contribution in [0.4, 0.5) is 0 Å². The van der Waals surface area contributed by atoms with Gasteiger partial charge in [-0.05, 0) is 39.0 Å². The van der Waals surface area contributed by atoms with Gasteiger partial charge in [-0.2, -0.15) is 0 Å². The van der Waals surface area contributed by atoms with E-state index in [2.05, 4.69) is 29.0 Å². The molecule has 25 heavy (non-hydrogen) atoms. The van der Waals surface area contributed by atoms with Gasteiger partial charge in [0.15, 0.2) is 0 Å². The number of amides is 1. The van der Waals surface area contributed by atoms with Crippen LogP contribution in [0.25, 0.3) is 10.8 Å². The van der Waals surface area contributed by atoms with Crippen LogP contribution in [0.1, 0.15) is 37.9 Å². The number of piperidine rings is 1. The Morgan fingerprint density at radius 3 is 2.56 bits per heavy atom. The number of hydrogen-bond acceptors (Lipinski definition) is 7. The molecule has 0 aromatic carbocycles. The highest BCUT2D eigenvalue weighted by molar-refractivity contribution is 8.00. The summed E-state index contributed by atoms with van der Waals surface area (Å²) in [5, 5.41) is 9.37. The Bertz CT molecular complexity index is 748. The minimum absolute atomic E-state index is 0.146. The summed E-state index contributed by atoms with van der Waals surface area (Å²) in [5.41, 5.74) is 0.892. The van der Waals surface area contributed by atoms with Gasteiger partial charge >= 0.3 is 0 Å². The number of carbonyl (C=O) groups excluding carboxylic acids is 1. The van der Waals surface area contributed by atoms with Crippen LogP contribution in [0, 0.1) is 25.7 Å². The van der Waals surface area contributed by atoms with E-state index in [1.807, 2.05) is 25.7 Å². The van der Waals surface area contributed by atoms with E-state index in [1.165, 1.54) is 29.5 Å². The normalized spacial score (nSPS) is 22.2. The molecule has 6 nitrogen and oxygen atoms in total. The number of hydrogen-bond donors (Lipinski definition) is 0. The number of thiazole rings is 1. The number of aryl methyl sites for hydroxylation is 2. The highest BCUT2D eigenvalue weighted by Crippen LogP contribution is 2.32. The van der Waals surface area contributed by atoms with Crippen molar-refractivity contribution in [2.75, 3.05) is 13.1 Å². The van der Waals surface area contributed by atoms with Crippen LogP contribution in [-0.2, 0) is 4.79 Å². The van der Waals surface area contributed by atoms with Crippen molar-refractivity contribution in [2.24, 2.45) is 11.8 Å². The van der Waals surface area contributed by atoms with Crippen molar-refractivity contribution in [1.29, 1.82) is 0 Å². The third kappa shape index (κ3) is 4.23. The van der Waals surface area contributed by atoms with Crippen molar-refractivity contribution in [1.82, 2.24) is 20.1 Å². The molecular weight excluding hydrogens is 356 g/mol. The molecule has 3 rings (SSSR count). The molecule has 0 radical (unpaired) electrons. The third-order valence-electron chi connectivity index (χ3n) is 4.31. The van der Waals surface area contributed by atoms with Crippen LogP contribution in [-0.4, -0.2) is 44.3 Å². The van der Waals surface area contributed by atoms with Gasteiger partial charge in [0.1, 0.15) is 4.88 Å². The quantitative estimate of drug-likeness (QED) is 0.752. The molecule has 0 saturated carbocycles. The van der Waals surface area contributed by atoms with Crippen LogP contribution in [0.2, 0.25) is 0 Å². The zero-order chi connectivity index (χ0) is 18.1. The monoisotopic (exact) mass is 380 g/mol. The van der Waals surface area contributed by atoms with E-state index in [0.717, 1.165) is 28.7 Å². The molecule has 136 valence electrons. The molecule has 0 spiro atoms. The average Bonchev–Trinajstić information content (AvgIpc) is 3.11. The SMILES string of the molecule is Cc1nc(C)c(-c2nnc(SC(C)C(=O)N3CC(C)CC(C)C3)o2)s1. The lowest BCUT2D eigenvalue weighted by Crippen LogP contribution is -2.45. The van der Waals surface area contributed by atoms with Crippen LogP contribution >= 0.6 is 23.1 Å². The van der Waals surface area contributed by atoms with E-state index in [1.54, 1.807) is 0 Å². The second-order valence-corrected chi connectivity index (χ2v) is 9.47. The Morgan fingerprint density at radius 1 is 1.28 bits per heavy atom. The summed E-state index contributed by atoms with van der Waals surface area (Å²) >= 11 is 2.87. The lowest BCUT2D eigenvalue weighted by atomic mass is 9.92. The summed E-state index contributed by atoms with van der Waals surface area (Å²) in [6, 6.07) is 0. The smallest absolute Gasteiger partial charge is 0.277 e. The van der Waals surface area contributed by atoms with Gasteiger partial charge in [0.25, 0.3) is 11.1 Å². The van der Waals surface area contributed by atoms with Gasteiger partial charge in [0.05, 0.1) is 16.0 Å². The van der Waals surface area contributed by atoms with Gasteiger partial charge < -0.3 is 9.32 Å². The zero-order valence-electron chi connectivity index (χ0n) is 15.3. The fraction of sp³-hybridized carbons (Fsp3) is 0.647. The van der Waals surface area contributed by atoms with Crippen LogP contribution in [0.5, 0.6) is 0 Å². The number of likely N-dealkylation sites (tertiary alicyclic amines) is 1. The molecule has 1 saturated heterocycles. The van der Waals surface area contributed by atoms with Gasteiger partial charge in [-0.3, -0.25) is 4.79 Å². The molecule has 1 amide bonds. The van der Waals surface area contributed by atoms with E-state index in [0.29, 0.717) is 22.9 Å². The van der Waals surface area contributed by atoms with Crippen molar-refractivity contribution in [3.05, 3.63) is 10.7 Å². The first-order chi connectivity index (χ1) is 11.8. The van der Waals surface area contributed by atoms with Crippen LogP contribution in [0.3, 0.4) is 0 Å². The van der Waals surface area contributed by atoms with Crippen molar-refractivity contribution >= 4 is 29.0 Å². The van der Waals surface area contributed by atoms with Gasteiger partial charge in [-0.25, -0.2) is 4.98 Å². The van der Waals surface area contributed by atoms with E-state index >= 15 is 0 Å². The minimum Gasteiger partial charge on any atom is -0.410 e. The topological polar surface area (TPSA) is 72.1 Å². The fourth-order valence-electron chi connectivity index (χ4n) is 3.38. The Hall–Kier alpha value is -1.41. The molecule has 0 bridgehead atoms. The molecule has 0 aliphatic carbocycles. The minimum atomic E-state index is -0.241. The van der Waals surface area contributed by atoms with Gasteiger partial charge in [-0.1, -0.05) is 25.6 Å². The first kappa shape index (κ1) is 18.4. The summed E-state index contributed by atoms with van der Waals surface area (Å²) in [5.74, 6) is 1.73. The Balaban J connectivity index is 1.66. The molecule has 3 unspecified atom stereocenters. The van der Waals surface area contributed by atoms with Crippen molar-refractivity contribution in [2.45, 2.75) is 51.5 Å². The van der Waals surface area contributed by atoms with Gasteiger partial charge in [-0.15, -0.1) is 21.5 Å². The molecule has 3 atom stereocenters. The largest absolute Gasteiger partial charge is 0.410 e. The molecule has 2 aromatic rings. The maximum absolute atomic E-state index is 12.7. The maximum Gasteiger partial charge on any atom is 0.277 e. The summed E-state index contributed by atoms with van der Waals surface area (Å²) in [6.45, 7) is 11.9. The lowest BCUT2D eigenvalue weighted by Gasteiger charge is -2.36. The molecule has 2 aromatic heterocycles. The lowest BCUT2D eigenvalue weighted by molar-refractivity contribution is -0.132. The van der Waals surface area contributed by atoms with Crippen molar-refractivity contribution < 1.29 is 9.21 Å². The number of aromatic nitrogens is 3. The number of nitrogens with zero attached hydrogens (tertiary/aromatic N) is 4. The fourth-order valence-corrected chi connectivity index (χ4v) is 4.99. The average molecular weight is 381 g/mol. The second-order valence-electron chi connectivity index (χ2n) is 6.97. The van der Waals surface area contributed by atoms with E-state index in [-0.39, 0.29) is 11.2 Å². The standard InChI is InChI=1S/C17H24N4O2S2/c1-9-6-10(2)8-21(7-9)16(22)12(4)24-17-20-19-15(23-17)14-11(3)18-13(5)25-14/h9-10,12H,6-8H2,1-5H3. The first-order valence-corrected chi connectivity index (χ1v) is 10.3. The Kier molecular flexibility index (Phi) is 5.48. The van der Waals surface area contributed by atoms with Crippen LogP contribution in [0.15, 0.2) is 9.64 Å². The van der Waals surface area contributed by atoms with E-state index < -0.39 is 0 Å². The molecule has 0 N–H and O–H groups in total. The molecule has 1 fully saturated rings. The second kappa shape index (κ2) is 7.45. The maximum atomic E-state index is 12.7. The van der Waals surface area contributed by atoms with E-state index in [4.69, 9.17) is 4.42 Å². The number of rotatable bonds is 4. The van der Waals surface area contributed by atoms with E-state index in [9.17, 15) is 4.79 Å². The summed E-state index contributed by atoms with van der Waals surface area (Å²) < 4.78 is 5.75. The molecule has 1 aliphatic heterocycles. The van der Waals surface area contributed by atoms with Crippen LogP contribution < -0.4 is 0 Å². The first-order valence-electron chi connectivity index (χ1n) is 8.56. The number of thioether (sulfide) groups is 1. The number of carbonyl (C=O) groups is 1. The van der Waals surface area contributed by atoms with Crippen molar-refractivity contribution in [3.63, 3.8) is 0 Å². The predicted octanol–water partition coefficient (Wildman–Crippen LogP) is 3.80. The molecule has 8 heteroatoms. The van der Waals surface area contributed by atoms with Gasteiger partial charge in [0.2, 0.25) is 5.91 Å². The summed E-state index contributed by atoms with van der Waals surface area (Å²) in [7, 11) is 0. The molecular formula is C17H24N4O2S2. The summed E-state index contributed by atoms with van der Waals surface area (Å²) in [6.07, 6.45) is 1.19. The van der Waals surface area contributed by atoms with Gasteiger partial charge in [0, 0.05) is 13.1 Å².